The smallest absolute Gasteiger partial charge is 0.243 e. The van der Waals surface area contributed by atoms with Crippen molar-refractivity contribution < 1.29 is 22.7 Å². The third-order valence-electron chi connectivity index (χ3n) is 5.91. The Bertz CT molecular complexity index is 1170. The van der Waals surface area contributed by atoms with Crippen molar-refractivity contribution in [1.82, 2.24) is 10.2 Å². The lowest BCUT2D eigenvalue weighted by Gasteiger charge is -2.33. The second-order valence-corrected chi connectivity index (χ2v) is 12.2. The summed E-state index contributed by atoms with van der Waals surface area (Å²) in [6, 6.07) is 14.0. The van der Waals surface area contributed by atoms with Crippen molar-refractivity contribution in [2.45, 2.75) is 72.0 Å². The SMILES string of the molecule is CC[C@H](C(=O)NC(C)(C)C)N(Cc1cccc(OC)c1)C(=O)CCCN(c1ccccc1C)S(C)(=O)=O. The zero-order chi connectivity index (χ0) is 27.8. The number of nitrogens with one attached hydrogen (secondary N) is 1. The molecule has 2 aromatic rings. The second kappa shape index (κ2) is 12.9. The summed E-state index contributed by atoms with van der Waals surface area (Å²) in [6.07, 6.45) is 2.02. The molecule has 0 fully saturated rings. The van der Waals surface area contributed by atoms with Crippen LogP contribution in [0.15, 0.2) is 48.5 Å². The highest BCUT2D eigenvalue weighted by Crippen LogP contribution is 2.23. The number of sulfonamides is 1. The van der Waals surface area contributed by atoms with E-state index in [1.165, 1.54) is 10.6 Å². The second-order valence-electron chi connectivity index (χ2n) is 10.3. The number of ether oxygens (including phenoxy) is 1. The van der Waals surface area contributed by atoms with Crippen LogP contribution in [0.5, 0.6) is 5.75 Å². The normalized spacial score (nSPS) is 12.5. The number of anilines is 1. The third kappa shape index (κ3) is 9.07. The summed E-state index contributed by atoms with van der Waals surface area (Å²) in [5.74, 6) is 0.236. The van der Waals surface area contributed by atoms with Gasteiger partial charge in [0, 0.05) is 25.0 Å². The molecule has 0 saturated carbocycles. The van der Waals surface area contributed by atoms with Crippen LogP contribution in [0.1, 0.15) is 58.1 Å². The van der Waals surface area contributed by atoms with E-state index >= 15 is 0 Å². The monoisotopic (exact) mass is 531 g/mol. The summed E-state index contributed by atoms with van der Waals surface area (Å²) < 4.78 is 31.7. The highest BCUT2D eigenvalue weighted by atomic mass is 32.2. The number of hydrogen-bond donors (Lipinski definition) is 1. The molecule has 0 aliphatic rings. The maximum absolute atomic E-state index is 13.6. The van der Waals surface area contributed by atoms with Gasteiger partial charge in [0.15, 0.2) is 0 Å². The van der Waals surface area contributed by atoms with Gasteiger partial charge in [0.05, 0.1) is 19.1 Å². The van der Waals surface area contributed by atoms with Crippen LogP contribution in [0.25, 0.3) is 0 Å². The van der Waals surface area contributed by atoms with Crippen LogP contribution in [0.2, 0.25) is 0 Å². The first-order valence-corrected chi connectivity index (χ1v) is 14.4. The number of rotatable bonds is 12. The molecule has 0 aliphatic heterocycles. The number of para-hydroxylation sites is 1. The largest absolute Gasteiger partial charge is 0.497 e. The van der Waals surface area contributed by atoms with E-state index in [0.29, 0.717) is 24.3 Å². The molecule has 37 heavy (non-hydrogen) atoms. The van der Waals surface area contributed by atoms with Crippen molar-refractivity contribution in [2.24, 2.45) is 0 Å². The summed E-state index contributed by atoms with van der Waals surface area (Å²) in [4.78, 5) is 28.3. The summed E-state index contributed by atoms with van der Waals surface area (Å²) in [5.41, 5.74) is 1.83. The lowest BCUT2D eigenvalue weighted by molar-refractivity contribution is -0.142. The molecule has 0 heterocycles. The molecule has 1 atom stereocenters. The van der Waals surface area contributed by atoms with E-state index in [2.05, 4.69) is 5.32 Å². The standard InChI is InChI=1S/C28H41N3O5S/c1-8-24(27(33)29-28(3,4)5)30(20-22-14-11-15-23(19-22)36-6)26(32)17-12-18-31(37(7,34)35)25-16-10-9-13-21(25)2/h9-11,13-16,19,24H,8,12,17-18,20H2,1-7H3,(H,29,33)/t24-/m1/s1. The highest BCUT2D eigenvalue weighted by Gasteiger charge is 2.31. The predicted octanol–water partition coefficient (Wildman–Crippen LogP) is 4.27. The zero-order valence-corrected chi connectivity index (χ0v) is 23.9. The van der Waals surface area contributed by atoms with E-state index < -0.39 is 21.6 Å². The topological polar surface area (TPSA) is 96.0 Å². The Hall–Kier alpha value is -3.07. The lowest BCUT2D eigenvalue weighted by Crippen LogP contribution is -2.53. The van der Waals surface area contributed by atoms with Gasteiger partial charge in [0.1, 0.15) is 11.8 Å². The average Bonchev–Trinajstić information content (AvgIpc) is 2.80. The van der Waals surface area contributed by atoms with Crippen LogP contribution in [-0.4, -0.2) is 56.6 Å². The molecule has 2 rings (SSSR count). The minimum absolute atomic E-state index is 0.0984. The molecule has 2 aromatic carbocycles. The Balaban J connectivity index is 2.27. The Morgan fingerprint density at radius 3 is 2.32 bits per heavy atom. The van der Waals surface area contributed by atoms with Gasteiger partial charge in [0.2, 0.25) is 21.8 Å². The van der Waals surface area contributed by atoms with Crippen molar-refractivity contribution in [3.8, 4) is 5.75 Å². The maximum atomic E-state index is 13.6. The summed E-state index contributed by atoms with van der Waals surface area (Å²) >= 11 is 0. The van der Waals surface area contributed by atoms with E-state index in [0.717, 1.165) is 11.1 Å². The van der Waals surface area contributed by atoms with Crippen LogP contribution < -0.4 is 14.4 Å². The Morgan fingerprint density at radius 2 is 1.76 bits per heavy atom. The maximum Gasteiger partial charge on any atom is 0.243 e. The van der Waals surface area contributed by atoms with Crippen molar-refractivity contribution in [3.63, 3.8) is 0 Å². The zero-order valence-electron chi connectivity index (χ0n) is 23.1. The number of benzene rings is 2. The van der Waals surface area contributed by atoms with Gasteiger partial charge in [-0.1, -0.05) is 37.3 Å². The van der Waals surface area contributed by atoms with Gasteiger partial charge in [-0.2, -0.15) is 0 Å². The molecule has 9 heteroatoms. The van der Waals surface area contributed by atoms with Gasteiger partial charge in [-0.05, 0) is 69.9 Å². The van der Waals surface area contributed by atoms with Gasteiger partial charge in [0.25, 0.3) is 0 Å². The van der Waals surface area contributed by atoms with Crippen LogP contribution in [0.4, 0.5) is 5.69 Å². The molecular weight excluding hydrogens is 490 g/mol. The average molecular weight is 532 g/mol. The van der Waals surface area contributed by atoms with E-state index in [1.54, 1.807) is 24.1 Å². The quantitative estimate of drug-likeness (QED) is 0.441. The molecule has 0 unspecified atom stereocenters. The number of carbonyl (C=O) groups excluding carboxylic acids is 2. The first kappa shape index (κ1) is 30.2. The number of aryl methyl sites for hydroxylation is 1. The molecule has 0 spiro atoms. The predicted molar refractivity (Wildman–Crippen MR) is 148 cm³/mol. The minimum Gasteiger partial charge on any atom is -0.497 e. The fourth-order valence-corrected chi connectivity index (χ4v) is 5.19. The van der Waals surface area contributed by atoms with E-state index in [-0.39, 0.29) is 31.3 Å². The molecule has 0 aromatic heterocycles. The van der Waals surface area contributed by atoms with Gasteiger partial charge in [-0.3, -0.25) is 13.9 Å². The van der Waals surface area contributed by atoms with Gasteiger partial charge in [-0.15, -0.1) is 0 Å². The van der Waals surface area contributed by atoms with Crippen LogP contribution in [-0.2, 0) is 26.2 Å². The molecule has 204 valence electrons. The molecule has 0 aliphatic carbocycles. The van der Waals surface area contributed by atoms with Crippen molar-refractivity contribution in [1.29, 1.82) is 0 Å². The minimum atomic E-state index is -3.54. The summed E-state index contributed by atoms with van der Waals surface area (Å²) in [7, 11) is -1.96. The summed E-state index contributed by atoms with van der Waals surface area (Å²) in [6.45, 7) is 9.83. The van der Waals surface area contributed by atoms with Crippen LogP contribution >= 0.6 is 0 Å². The van der Waals surface area contributed by atoms with E-state index in [9.17, 15) is 18.0 Å². The Morgan fingerprint density at radius 1 is 1.08 bits per heavy atom. The molecule has 0 bridgehead atoms. The molecule has 1 N–H and O–H groups in total. The summed E-state index contributed by atoms with van der Waals surface area (Å²) in [5, 5.41) is 2.99. The molecule has 0 saturated heterocycles. The van der Waals surface area contributed by atoms with Crippen LogP contribution in [0.3, 0.4) is 0 Å². The Kier molecular flexibility index (Phi) is 10.5. The van der Waals surface area contributed by atoms with E-state index in [1.807, 2.05) is 71.0 Å². The van der Waals surface area contributed by atoms with Gasteiger partial charge < -0.3 is 15.0 Å². The molecule has 2 amide bonds. The van der Waals surface area contributed by atoms with Crippen LogP contribution in [0, 0.1) is 6.92 Å². The highest BCUT2D eigenvalue weighted by molar-refractivity contribution is 7.92. The first-order valence-electron chi connectivity index (χ1n) is 12.5. The van der Waals surface area contributed by atoms with Crippen molar-refractivity contribution in [2.75, 3.05) is 24.2 Å². The fraction of sp³-hybridized carbons (Fsp3) is 0.500. The van der Waals surface area contributed by atoms with Crippen molar-refractivity contribution in [3.05, 3.63) is 59.7 Å². The Labute approximate surface area is 222 Å². The van der Waals surface area contributed by atoms with Gasteiger partial charge >= 0.3 is 0 Å². The van der Waals surface area contributed by atoms with E-state index in [4.69, 9.17) is 4.74 Å². The lowest BCUT2D eigenvalue weighted by atomic mass is 10.0. The number of nitrogens with zero attached hydrogens (tertiary/aromatic N) is 2. The number of hydrogen-bond acceptors (Lipinski definition) is 5. The fourth-order valence-electron chi connectivity index (χ4n) is 4.17. The van der Waals surface area contributed by atoms with Crippen molar-refractivity contribution >= 4 is 27.5 Å². The molecule has 8 nitrogen and oxygen atoms in total. The molecule has 0 radical (unpaired) electrons. The van der Waals surface area contributed by atoms with Gasteiger partial charge in [-0.25, -0.2) is 8.42 Å². The number of carbonyl (C=O) groups is 2. The number of methoxy groups -OCH3 is 1. The molecular formula is C28H41N3O5S. The number of amides is 2. The third-order valence-corrected chi connectivity index (χ3v) is 7.09. The first-order chi connectivity index (χ1) is 17.3.